The van der Waals surface area contributed by atoms with Crippen molar-refractivity contribution >= 4 is 0 Å². The van der Waals surface area contributed by atoms with Crippen molar-refractivity contribution in [2.75, 3.05) is 26.8 Å². The van der Waals surface area contributed by atoms with Crippen molar-refractivity contribution in [3.05, 3.63) is 53.1 Å². The maximum absolute atomic E-state index is 11.3. The van der Waals surface area contributed by atoms with Crippen LogP contribution in [-0.4, -0.2) is 42.9 Å². The molecule has 1 N–H and O–H groups in total. The molecule has 0 bridgehead atoms. The summed E-state index contributed by atoms with van der Waals surface area (Å²) in [6, 6.07) is 12.1. The average Bonchev–Trinajstić information content (AvgIpc) is 3.09. The van der Waals surface area contributed by atoms with Crippen molar-refractivity contribution in [1.29, 1.82) is 0 Å². The molecule has 156 valence electrons. The van der Waals surface area contributed by atoms with Crippen LogP contribution in [0.3, 0.4) is 0 Å². The van der Waals surface area contributed by atoms with E-state index < -0.39 is 5.60 Å². The molecule has 1 saturated heterocycles. The number of fused-ring (bicyclic) bond motifs is 1. The van der Waals surface area contributed by atoms with E-state index in [0.29, 0.717) is 19.4 Å². The zero-order chi connectivity index (χ0) is 20.4. The van der Waals surface area contributed by atoms with Crippen LogP contribution < -0.4 is 14.2 Å². The van der Waals surface area contributed by atoms with Crippen LogP contribution in [0.2, 0.25) is 0 Å². The first-order chi connectivity index (χ1) is 14.0. The summed E-state index contributed by atoms with van der Waals surface area (Å²) in [5, 5.41) is 11.3. The number of hydrogen-bond acceptors (Lipinski definition) is 5. The minimum Gasteiger partial charge on any atom is -0.496 e. The molecule has 1 unspecified atom stereocenters. The Balaban J connectivity index is 1.48. The summed E-state index contributed by atoms with van der Waals surface area (Å²) in [6.45, 7) is 7.19. The quantitative estimate of drug-likeness (QED) is 0.801. The van der Waals surface area contributed by atoms with Gasteiger partial charge >= 0.3 is 0 Å². The molecule has 2 heterocycles. The Hall–Kier alpha value is -2.24. The molecule has 0 spiro atoms. The van der Waals surface area contributed by atoms with Gasteiger partial charge in [-0.15, -0.1) is 0 Å². The Morgan fingerprint density at radius 2 is 1.93 bits per heavy atom. The lowest BCUT2D eigenvalue weighted by Gasteiger charge is -2.39. The molecular formula is C24H31NO4. The first kappa shape index (κ1) is 20.0. The van der Waals surface area contributed by atoms with Crippen LogP contribution in [0.5, 0.6) is 17.2 Å². The van der Waals surface area contributed by atoms with Crippen LogP contribution in [0.25, 0.3) is 0 Å². The van der Waals surface area contributed by atoms with Crippen LogP contribution in [0, 0.1) is 0 Å². The second-order valence-electron chi connectivity index (χ2n) is 8.14. The van der Waals surface area contributed by atoms with Crippen molar-refractivity contribution in [2.24, 2.45) is 0 Å². The van der Waals surface area contributed by atoms with E-state index in [1.807, 2.05) is 31.2 Å². The smallest absolute Gasteiger partial charge is 0.124 e. The van der Waals surface area contributed by atoms with Crippen molar-refractivity contribution in [3.8, 4) is 17.2 Å². The molecule has 0 aromatic heterocycles. The van der Waals surface area contributed by atoms with Crippen LogP contribution >= 0.6 is 0 Å². The fourth-order valence-electron chi connectivity index (χ4n) is 4.52. The third-order valence-corrected chi connectivity index (χ3v) is 6.06. The van der Waals surface area contributed by atoms with Gasteiger partial charge in [-0.05, 0) is 44.9 Å². The molecule has 0 amide bonds. The number of benzene rings is 2. The predicted octanol–water partition coefficient (Wildman–Crippen LogP) is 3.90. The number of para-hydroxylation sites is 1. The highest BCUT2D eigenvalue weighted by molar-refractivity contribution is 5.49. The Morgan fingerprint density at radius 3 is 2.66 bits per heavy atom. The summed E-state index contributed by atoms with van der Waals surface area (Å²) in [6.07, 6.45) is 2.51. The van der Waals surface area contributed by atoms with E-state index in [1.54, 1.807) is 7.11 Å². The molecule has 4 rings (SSSR count). The minimum absolute atomic E-state index is 0.223. The highest BCUT2D eigenvalue weighted by Gasteiger charge is 2.36. The molecule has 5 nitrogen and oxygen atoms in total. The summed E-state index contributed by atoms with van der Waals surface area (Å²) in [4.78, 5) is 2.38. The summed E-state index contributed by atoms with van der Waals surface area (Å²) in [5.74, 6) is 2.69. The van der Waals surface area contributed by atoms with Gasteiger partial charge < -0.3 is 19.3 Å². The first-order valence-electron chi connectivity index (χ1n) is 10.6. The minimum atomic E-state index is -0.845. The number of ether oxygens (including phenoxy) is 3. The van der Waals surface area contributed by atoms with E-state index in [1.165, 1.54) is 5.56 Å². The zero-order valence-electron chi connectivity index (χ0n) is 17.6. The van der Waals surface area contributed by atoms with Crippen molar-refractivity contribution in [1.82, 2.24) is 4.90 Å². The molecule has 2 aromatic rings. The van der Waals surface area contributed by atoms with Gasteiger partial charge in [0.25, 0.3) is 0 Å². The summed E-state index contributed by atoms with van der Waals surface area (Å²) in [5.41, 5.74) is 2.43. The van der Waals surface area contributed by atoms with Gasteiger partial charge in [0, 0.05) is 42.7 Å². The van der Waals surface area contributed by atoms with E-state index in [2.05, 4.69) is 24.0 Å². The predicted molar refractivity (Wildman–Crippen MR) is 113 cm³/mol. The number of nitrogens with zero attached hydrogens (tertiary/aromatic N) is 1. The maximum Gasteiger partial charge on any atom is 0.124 e. The second-order valence-corrected chi connectivity index (χ2v) is 8.14. The standard InChI is InChI=1S/C24H31NO4/c1-4-28-22-14-18-13-17(2)29-23(18)15-19(22)16-25-11-9-24(26,10-12-25)20-7-5-6-8-21(20)27-3/h5-8,14-15,17,26H,4,9-13,16H2,1-3H3. The van der Waals surface area contributed by atoms with E-state index in [4.69, 9.17) is 14.2 Å². The molecule has 0 saturated carbocycles. The Kier molecular flexibility index (Phi) is 5.70. The fraction of sp³-hybridized carbons (Fsp3) is 0.500. The second kappa shape index (κ2) is 8.25. The van der Waals surface area contributed by atoms with Gasteiger partial charge in [0.15, 0.2) is 0 Å². The number of likely N-dealkylation sites (tertiary alicyclic amines) is 1. The summed E-state index contributed by atoms with van der Waals surface area (Å²) < 4.78 is 17.4. The number of hydrogen-bond donors (Lipinski definition) is 1. The van der Waals surface area contributed by atoms with Crippen molar-refractivity contribution in [2.45, 2.75) is 51.4 Å². The molecule has 0 radical (unpaired) electrons. The zero-order valence-corrected chi connectivity index (χ0v) is 17.6. The molecule has 1 fully saturated rings. The lowest BCUT2D eigenvalue weighted by atomic mass is 9.83. The Morgan fingerprint density at radius 1 is 1.17 bits per heavy atom. The van der Waals surface area contributed by atoms with Gasteiger partial charge in [-0.25, -0.2) is 0 Å². The van der Waals surface area contributed by atoms with Gasteiger partial charge in [0.05, 0.1) is 19.3 Å². The van der Waals surface area contributed by atoms with Gasteiger partial charge in [0.2, 0.25) is 0 Å². The van der Waals surface area contributed by atoms with Gasteiger partial charge in [0.1, 0.15) is 23.4 Å². The van der Waals surface area contributed by atoms with Crippen LogP contribution in [0.1, 0.15) is 43.4 Å². The molecular weight excluding hydrogens is 366 g/mol. The van der Waals surface area contributed by atoms with E-state index in [-0.39, 0.29) is 6.10 Å². The lowest BCUT2D eigenvalue weighted by molar-refractivity contribution is -0.0293. The van der Waals surface area contributed by atoms with Crippen molar-refractivity contribution < 1.29 is 19.3 Å². The first-order valence-corrected chi connectivity index (χ1v) is 10.6. The highest BCUT2D eigenvalue weighted by atomic mass is 16.5. The highest BCUT2D eigenvalue weighted by Crippen LogP contribution is 2.40. The topological polar surface area (TPSA) is 51.2 Å². The third-order valence-electron chi connectivity index (χ3n) is 6.06. The Labute approximate surface area is 173 Å². The number of rotatable bonds is 6. The average molecular weight is 398 g/mol. The monoisotopic (exact) mass is 397 g/mol. The van der Waals surface area contributed by atoms with Crippen molar-refractivity contribution in [3.63, 3.8) is 0 Å². The maximum atomic E-state index is 11.3. The molecule has 29 heavy (non-hydrogen) atoms. The largest absolute Gasteiger partial charge is 0.496 e. The molecule has 1 atom stereocenters. The lowest BCUT2D eigenvalue weighted by Crippen LogP contribution is -2.42. The molecule has 5 heteroatoms. The van der Waals surface area contributed by atoms with E-state index in [9.17, 15) is 5.11 Å². The van der Waals surface area contributed by atoms with E-state index >= 15 is 0 Å². The summed E-state index contributed by atoms with van der Waals surface area (Å²) in [7, 11) is 1.66. The van der Waals surface area contributed by atoms with Gasteiger partial charge in [-0.3, -0.25) is 4.90 Å². The molecule has 2 aliphatic heterocycles. The normalized spacial score (nSPS) is 20.8. The number of methoxy groups -OCH3 is 1. The molecule has 2 aliphatic rings. The van der Waals surface area contributed by atoms with Crippen LogP contribution in [0.4, 0.5) is 0 Å². The van der Waals surface area contributed by atoms with E-state index in [0.717, 1.165) is 54.4 Å². The number of piperidine rings is 1. The fourth-order valence-corrected chi connectivity index (χ4v) is 4.52. The summed E-state index contributed by atoms with van der Waals surface area (Å²) >= 11 is 0. The molecule has 2 aromatic carbocycles. The Bertz CT molecular complexity index is 858. The van der Waals surface area contributed by atoms with Crippen LogP contribution in [-0.2, 0) is 18.6 Å². The van der Waals surface area contributed by atoms with Gasteiger partial charge in [-0.2, -0.15) is 0 Å². The number of aliphatic hydroxyl groups is 1. The SMILES string of the molecule is CCOc1cc2c(cc1CN1CCC(O)(c3ccccc3OC)CC1)OC(C)C2. The molecule has 0 aliphatic carbocycles. The third kappa shape index (κ3) is 4.07. The van der Waals surface area contributed by atoms with Gasteiger partial charge in [-0.1, -0.05) is 18.2 Å². The van der Waals surface area contributed by atoms with Crippen LogP contribution in [0.15, 0.2) is 36.4 Å².